The topological polar surface area (TPSA) is 0 Å². The average Bonchev–Trinajstić information content (AvgIpc) is 3.08. The highest BCUT2D eigenvalue weighted by Gasteiger charge is 2.58. The minimum atomic E-state index is 0.402. The number of thiol groups is 2. The summed E-state index contributed by atoms with van der Waals surface area (Å²) in [6.07, 6.45) is 15.8. The maximum Gasteiger partial charge on any atom is 0.0189 e. The van der Waals surface area contributed by atoms with E-state index in [4.69, 9.17) is 25.3 Å². The van der Waals surface area contributed by atoms with Crippen LogP contribution in [-0.4, -0.2) is 9.49 Å². The molecule has 0 heterocycles. The van der Waals surface area contributed by atoms with E-state index in [9.17, 15) is 0 Å². The molecule has 0 nitrogen and oxygen atoms in total. The smallest absolute Gasteiger partial charge is 0.0189 e. The Morgan fingerprint density at radius 3 is 1.96 bits per heavy atom. The van der Waals surface area contributed by atoms with E-state index >= 15 is 0 Å². The molecule has 150 valence electrons. The van der Waals surface area contributed by atoms with Gasteiger partial charge < -0.3 is 0 Å². The van der Waals surface area contributed by atoms with Gasteiger partial charge in [-0.05, 0) is 75.0 Å². The fourth-order valence-electron chi connectivity index (χ4n) is 6.46. The van der Waals surface area contributed by atoms with E-state index in [0.717, 1.165) is 23.7 Å². The van der Waals surface area contributed by atoms with Crippen LogP contribution in [0.5, 0.6) is 0 Å². The molecule has 0 aromatic carbocycles. The number of hydrogen-bond donors (Lipinski definition) is 2. The predicted molar refractivity (Wildman–Crippen MR) is 122 cm³/mol. The van der Waals surface area contributed by atoms with E-state index in [0.29, 0.717) is 9.49 Å². The summed E-state index contributed by atoms with van der Waals surface area (Å²) in [6.45, 7) is 12.0. The van der Waals surface area contributed by atoms with E-state index in [1.165, 1.54) is 70.6 Å². The lowest BCUT2D eigenvalue weighted by atomic mass is 9.53. The molecule has 0 aliphatic heterocycles. The molecule has 0 aromatic heterocycles. The third kappa shape index (κ3) is 4.58. The normalized spacial score (nSPS) is 44.2. The molecule has 0 bridgehead atoms. The van der Waals surface area contributed by atoms with Gasteiger partial charge in [-0.2, -0.15) is 25.3 Å². The van der Waals surface area contributed by atoms with Crippen LogP contribution in [0.15, 0.2) is 0 Å². The minimum Gasteiger partial charge on any atom is -0.172 e. The number of rotatable bonds is 0. The van der Waals surface area contributed by atoms with Gasteiger partial charge >= 0.3 is 0 Å². The molecule has 4 fully saturated rings. The van der Waals surface area contributed by atoms with Crippen molar-refractivity contribution in [2.75, 3.05) is 0 Å². The minimum absolute atomic E-state index is 0.402. The highest BCUT2D eigenvalue weighted by atomic mass is 32.1. The van der Waals surface area contributed by atoms with E-state index in [1.54, 1.807) is 0 Å². The molecule has 4 aliphatic rings. The molecule has 0 saturated heterocycles. The monoisotopic (exact) mass is 386 g/mol. The van der Waals surface area contributed by atoms with Gasteiger partial charge in [-0.3, -0.25) is 0 Å². The van der Waals surface area contributed by atoms with Crippen LogP contribution in [-0.2, 0) is 0 Å². The maximum absolute atomic E-state index is 5.33. The van der Waals surface area contributed by atoms with Gasteiger partial charge in [0.1, 0.15) is 0 Å². The molecular formula is C23H46S2. The quantitative estimate of drug-likeness (QED) is 0.385. The van der Waals surface area contributed by atoms with Gasteiger partial charge in [0.2, 0.25) is 0 Å². The molecule has 2 heteroatoms. The first-order valence-electron chi connectivity index (χ1n) is 11.6. The van der Waals surface area contributed by atoms with E-state index in [2.05, 4.69) is 0 Å². The van der Waals surface area contributed by atoms with Gasteiger partial charge in [0.15, 0.2) is 0 Å². The first kappa shape index (κ1) is 23.7. The molecule has 0 radical (unpaired) electrons. The summed E-state index contributed by atoms with van der Waals surface area (Å²) in [6, 6.07) is 0. The van der Waals surface area contributed by atoms with Crippen molar-refractivity contribution in [2.45, 2.75) is 122 Å². The standard InChI is InChI=1S/C17H28S2.3C2H6/c18-16-9-3-5-14(16)13-7-6-12-4-1-2-10-17(12,19)15(13)8-11-16;3*1-2/h12-15,18-19H,1-11H2;3*1-2H3. The molecule has 4 saturated carbocycles. The predicted octanol–water partition coefficient (Wildman–Crippen LogP) is 8.21. The van der Waals surface area contributed by atoms with Crippen molar-refractivity contribution in [1.29, 1.82) is 0 Å². The van der Waals surface area contributed by atoms with Gasteiger partial charge in [-0.1, -0.05) is 60.8 Å². The molecule has 0 N–H and O–H groups in total. The first-order chi connectivity index (χ1) is 12.1. The summed E-state index contributed by atoms with van der Waals surface area (Å²) >= 11 is 10.5. The zero-order chi connectivity index (χ0) is 19.1. The van der Waals surface area contributed by atoms with Crippen LogP contribution in [0, 0.1) is 23.7 Å². The van der Waals surface area contributed by atoms with Crippen LogP contribution in [0.25, 0.3) is 0 Å². The lowest BCUT2D eigenvalue weighted by molar-refractivity contribution is 0.0116. The van der Waals surface area contributed by atoms with Crippen molar-refractivity contribution < 1.29 is 0 Å². The van der Waals surface area contributed by atoms with Crippen LogP contribution < -0.4 is 0 Å². The summed E-state index contributed by atoms with van der Waals surface area (Å²) in [5.41, 5.74) is 0. The Labute approximate surface area is 170 Å². The number of hydrogen-bond acceptors (Lipinski definition) is 2. The summed E-state index contributed by atoms with van der Waals surface area (Å²) in [7, 11) is 0. The highest BCUT2D eigenvalue weighted by molar-refractivity contribution is 7.82. The summed E-state index contributed by atoms with van der Waals surface area (Å²) in [4.78, 5) is 0. The number of fused-ring (bicyclic) bond motifs is 5. The average molecular weight is 387 g/mol. The van der Waals surface area contributed by atoms with Gasteiger partial charge in [0.25, 0.3) is 0 Å². The largest absolute Gasteiger partial charge is 0.172 e. The summed E-state index contributed by atoms with van der Waals surface area (Å²) in [5, 5.41) is 0. The Bertz CT molecular complexity index is 369. The maximum atomic E-state index is 5.33. The van der Waals surface area contributed by atoms with Crippen molar-refractivity contribution in [2.24, 2.45) is 23.7 Å². The Kier molecular flexibility index (Phi) is 10.3. The van der Waals surface area contributed by atoms with Crippen LogP contribution in [0.1, 0.15) is 112 Å². The zero-order valence-electron chi connectivity index (χ0n) is 18.0. The van der Waals surface area contributed by atoms with Crippen molar-refractivity contribution in [1.82, 2.24) is 0 Å². The molecule has 0 aromatic rings. The molecule has 6 atom stereocenters. The van der Waals surface area contributed by atoms with Gasteiger partial charge in [-0.15, -0.1) is 0 Å². The molecule has 0 spiro atoms. The lowest BCUT2D eigenvalue weighted by Gasteiger charge is -2.59. The Balaban J connectivity index is 0.000000475. The lowest BCUT2D eigenvalue weighted by Crippen LogP contribution is -2.55. The van der Waals surface area contributed by atoms with Gasteiger partial charge in [0.05, 0.1) is 0 Å². The van der Waals surface area contributed by atoms with E-state index < -0.39 is 0 Å². The van der Waals surface area contributed by atoms with E-state index in [-0.39, 0.29) is 0 Å². The van der Waals surface area contributed by atoms with Crippen molar-refractivity contribution in [3.8, 4) is 0 Å². The molecular weight excluding hydrogens is 340 g/mol. The Morgan fingerprint density at radius 2 is 1.28 bits per heavy atom. The molecule has 0 amide bonds. The summed E-state index contributed by atoms with van der Waals surface area (Å²) in [5.74, 6) is 3.72. The molecule has 4 aliphatic carbocycles. The fourth-order valence-corrected chi connectivity index (χ4v) is 7.80. The first-order valence-corrected chi connectivity index (χ1v) is 12.5. The van der Waals surface area contributed by atoms with Gasteiger partial charge in [-0.25, -0.2) is 0 Å². The Morgan fingerprint density at radius 1 is 0.600 bits per heavy atom. The van der Waals surface area contributed by atoms with Crippen LogP contribution in [0.2, 0.25) is 0 Å². The zero-order valence-corrected chi connectivity index (χ0v) is 19.8. The van der Waals surface area contributed by atoms with Gasteiger partial charge in [0, 0.05) is 9.49 Å². The fraction of sp³-hybridized carbons (Fsp3) is 1.00. The van der Waals surface area contributed by atoms with Crippen LogP contribution in [0.4, 0.5) is 0 Å². The van der Waals surface area contributed by atoms with E-state index in [1.807, 2.05) is 41.5 Å². The van der Waals surface area contributed by atoms with Crippen LogP contribution >= 0.6 is 25.3 Å². The second kappa shape index (κ2) is 10.9. The summed E-state index contributed by atoms with van der Waals surface area (Å²) < 4.78 is 0.811. The SMILES string of the molecule is CC.CC.CC.SC12CCCC1C1CCC3CCCCC3(S)C1CC2. The molecule has 4 rings (SSSR count). The molecule has 6 unspecified atom stereocenters. The Hall–Kier alpha value is 0.700. The van der Waals surface area contributed by atoms with Crippen molar-refractivity contribution in [3.63, 3.8) is 0 Å². The third-order valence-electron chi connectivity index (χ3n) is 7.31. The van der Waals surface area contributed by atoms with Crippen LogP contribution in [0.3, 0.4) is 0 Å². The second-order valence-corrected chi connectivity index (χ2v) is 9.65. The van der Waals surface area contributed by atoms with Crippen molar-refractivity contribution in [3.05, 3.63) is 0 Å². The third-order valence-corrected chi connectivity index (χ3v) is 9.01. The second-order valence-electron chi connectivity index (χ2n) is 7.92. The highest BCUT2D eigenvalue weighted by Crippen LogP contribution is 2.63. The molecule has 25 heavy (non-hydrogen) atoms. The van der Waals surface area contributed by atoms with Crippen molar-refractivity contribution >= 4 is 25.3 Å².